The minimum Gasteiger partial charge on any atom is -0.340 e. The van der Waals surface area contributed by atoms with Gasteiger partial charge in [-0.1, -0.05) is 15.9 Å². The number of anilines is 1. The third kappa shape index (κ3) is 3.35. The van der Waals surface area contributed by atoms with Crippen molar-refractivity contribution in [2.75, 3.05) is 18.0 Å². The molecule has 0 aliphatic carbocycles. The summed E-state index contributed by atoms with van der Waals surface area (Å²) in [7, 11) is 0. The second-order valence-electron chi connectivity index (χ2n) is 7.00. The first-order valence-corrected chi connectivity index (χ1v) is 9.28. The molecule has 2 aliphatic heterocycles. The van der Waals surface area contributed by atoms with Crippen molar-refractivity contribution < 1.29 is 9.59 Å². The Morgan fingerprint density at radius 2 is 2.12 bits per heavy atom. The highest BCUT2D eigenvalue weighted by atomic mass is 79.9. The summed E-state index contributed by atoms with van der Waals surface area (Å²) in [6, 6.07) is 6.18. The number of hydrogen-bond acceptors (Lipinski definition) is 3. The summed E-state index contributed by atoms with van der Waals surface area (Å²) in [5.41, 5.74) is 7.93. The summed E-state index contributed by atoms with van der Waals surface area (Å²) in [5, 5.41) is 0. The van der Waals surface area contributed by atoms with E-state index in [1.807, 2.05) is 36.9 Å². The Bertz CT molecular complexity index is 664. The number of nitrogens with two attached hydrogens (primary N) is 1. The van der Waals surface area contributed by atoms with E-state index in [2.05, 4.69) is 15.9 Å². The molecule has 6 heteroatoms. The van der Waals surface area contributed by atoms with Crippen molar-refractivity contribution in [3.05, 3.63) is 28.2 Å². The lowest BCUT2D eigenvalue weighted by atomic mass is 9.96. The van der Waals surface area contributed by atoms with Gasteiger partial charge in [0.2, 0.25) is 11.8 Å². The van der Waals surface area contributed by atoms with Gasteiger partial charge in [0.15, 0.2) is 0 Å². The number of aryl methyl sites for hydroxylation is 1. The van der Waals surface area contributed by atoms with E-state index in [1.54, 1.807) is 4.90 Å². The van der Waals surface area contributed by atoms with E-state index in [0.29, 0.717) is 19.5 Å². The normalized spacial score (nSPS) is 27.7. The highest BCUT2D eigenvalue weighted by Crippen LogP contribution is 2.30. The van der Waals surface area contributed by atoms with E-state index in [4.69, 9.17) is 5.73 Å². The molecule has 130 valence electrons. The van der Waals surface area contributed by atoms with Gasteiger partial charge in [-0.05, 0) is 50.5 Å². The molecule has 0 aromatic heterocycles. The van der Waals surface area contributed by atoms with Crippen LogP contribution >= 0.6 is 15.9 Å². The lowest BCUT2D eigenvalue weighted by molar-refractivity contribution is -0.139. The van der Waals surface area contributed by atoms with Crippen LogP contribution in [0, 0.1) is 12.8 Å². The second-order valence-corrected chi connectivity index (χ2v) is 7.86. The van der Waals surface area contributed by atoms with Gasteiger partial charge in [-0.25, -0.2) is 0 Å². The zero-order valence-corrected chi connectivity index (χ0v) is 15.8. The van der Waals surface area contributed by atoms with E-state index in [1.165, 1.54) is 0 Å². The molecular weight excluding hydrogens is 370 g/mol. The molecule has 0 saturated carbocycles. The standard InChI is InChI=1S/C18H24BrN3O2/c1-11-7-15(3-4-16(11)19)22-10-13(9-17(22)23)18(24)21-6-5-14(20)8-12(21)2/h3-4,7,12-14H,5-6,8-10,20H2,1-2H3/t12-,13+,14-/m0/s1. The van der Waals surface area contributed by atoms with E-state index >= 15 is 0 Å². The fourth-order valence-corrected chi connectivity index (χ4v) is 3.94. The second kappa shape index (κ2) is 6.84. The van der Waals surface area contributed by atoms with E-state index in [-0.39, 0.29) is 29.8 Å². The van der Waals surface area contributed by atoms with Gasteiger partial charge in [0.1, 0.15) is 0 Å². The molecule has 24 heavy (non-hydrogen) atoms. The molecule has 3 atom stereocenters. The fourth-order valence-electron chi connectivity index (χ4n) is 3.69. The summed E-state index contributed by atoms with van der Waals surface area (Å²) >= 11 is 3.48. The van der Waals surface area contributed by atoms with Gasteiger partial charge in [-0.3, -0.25) is 9.59 Å². The Hall–Kier alpha value is -1.40. The van der Waals surface area contributed by atoms with Gasteiger partial charge < -0.3 is 15.5 Å². The summed E-state index contributed by atoms with van der Waals surface area (Å²) in [6.45, 7) is 5.20. The Labute approximate surface area is 151 Å². The maximum Gasteiger partial charge on any atom is 0.228 e. The maximum absolute atomic E-state index is 12.9. The molecule has 0 unspecified atom stereocenters. The number of nitrogens with zero attached hydrogens (tertiary/aromatic N) is 2. The van der Waals surface area contributed by atoms with Crippen molar-refractivity contribution >= 4 is 33.4 Å². The predicted octanol–water partition coefficient (Wildman–Crippen LogP) is 2.45. The van der Waals surface area contributed by atoms with Crippen LogP contribution in [0.4, 0.5) is 5.69 Å². The monoisotopic (exact) mass is 393 g/mol. The number of piperidine rings is 1. The summed E-state index contributed by atoms with van der Waals surface area (Å²) in [6.07, 6.45) is 1.97. The van der Waals surface area contributed by atoms with Crippen molar-refractivity contribution in [3.63, 3.8) is 0 Å². The van der Waals surface area contributed by atoms with Crippen molar-refractivity contribution in [2.24, 2.45) is 11.7 Å². The third-order valence-corrected chi connectivity index (χ3v) is 6.02. The minimum absolute atomic E-state index is 0.0245. The first kappa shape index (κ1) is 17.4. The number of carbonyl (C=O) groups is 2. The number of benzene rings is 1. The average molecular weight is 394 g/mol. The number of amides is 2. The van der Waals surface area contributed by atoms with Gasteiger partial charge in [0, 0.05) is 41.8 Å². The van der Waals surface area contributed by atoms with Gasteiger partial charge >= 0.3 is 0 Å². The molecule has 3 rings (SSSR count). The summed E-state index contributed by atoms with van der Waals surface area (Å²) in [5.74, 6) is -0.131. The zero-order valence-electron chi connectivity index (χ0n) is 14.2. The largest absolute Gasteiger partial charge is 0.340 e. The number of rotatable bonds is 2. The highest BCUT2D eigenvalue weighted by Gasteiger charge is 2.39. The number of halogens is 1. The Morgan fingerprint density at radius 3 is 2.79 bits per heavy atom. The van der Waals surface area contributed by atoms with Gasteiger partial charge in [0.25, 0.3) is 0 Å². The molecule has 2 fully saturated rings. The topological polar surface area (TPSA) is 66.6 Å². The van der Waals surface area contributed by atoms with E-state index in [0.717, 1.165) is 28.6 Å². The van der Waals surface area contributed by atoms with Crippen LogP contribution in [0.1, 0.15) is 31.7 Å². The fraction of sp³-hybridized carbons (Fsp3) is 0.556. The minimum atomic E-state index is -0.252. The van der Waals surface area contributed by atoms with Crippen LogP contribution in [0.25, 0.3) is 0 Å². The smallest absolute Gasteiger partial charge is 0.228 e. The third-order valence-electron chi connectivity index (χ3n) is 5.13. The average Bonchev–Trinajstić information content (AvgIpc) is 2.91. The number of likely N-dealkylation sites (tertiary alicyclic amines) is 1. The van der Waals surface area contributed by atoms with Gasteiger partial charge in [0.05, 0.1) is 5.92 Å². The van der Waals surface area contributed by atoms with E-state index in [9.17, 15) is 9.59 Å². The Morgan fingerprint density at radius 1 is 1.38 bits per heavy atom. The molecule has 0 spiro atoms. The quantitative estimate of drug-likeness (QED) is 0.838. The van der Waals surface area contributed by atoms with Crippen LogP contribution in [0.3, 0.4) is 0 Å². The Balaban J connectivity index is 1.72. The van der Waals surface area contributed by atoms with Crippen molar-refractivity contribution in [3.8, 4) is 0 Å². The number of hydrogen-bond donors (Lipinski definition) is 1. The molecule has 2 N–H and O–H groups in total. The zero-order chi connectivity index (χ0) is 17.4. The van der Waals surface area contributed by atoms with E-state index < -0.39 is 0 Å². The summed E-state index contributed by atoms with van der Waals surface area (Å²) in [4.78, 5) is 28.9. The summed E-state index contributed by atoms with van der Waals surface area (Å²) < 4.78 is 1.02. The SMILES string of the molecule is Cc1cc(N2C[C@H](C(=O)N3CC[C@H](N)C[C@@H]3C)CC2=O)ccc1Br. The molecule has 0 radical (unpaired) electrons. The molecule has 2 aliphatic rings. The molecule has 2 heterocycles. The lowest BCUT2D eigenvalue weighted by Crippen LogP contribution is -2.50. The predicted molar refractivity (Wildman–Crippen MR) is 97.7 cm³/mol. The molecule has 1 aromatic carbocycles. The lowest BCUT2D eigenvalue weighted by Gasteiger charge is -2.37. The van der Waals surface area contributed by atoms with Crippen LogP contribution in [-0.4, -0.2) is 41.9 Å². The van der Waals surface area contributed by atoms with Crippen molar-refractivity contribution in [1.29, 1.82) is 0 Å². The molecule has 2 amide bonds. The van der Waals surface area contributed by atoms with Crippen molar-refractivity contribution in [1.82, 2.24) is 4.90 Å². The van der Waals surface area contributed by atoms with Crippen LogP contribution in [0.2, 0.25) is 0 Å². The van der Waals surface area contributed by atoms with Gasteiger partial charge in [-0.2, -0.15) is 0 Å². The first-order chi connectivity index (χ1) is 11.4. The maximum atomic E-state index is 12.9. The molecular formula is C18H24BrN3O2. The van der Waals surface area contributed by atoms with Crippen LogP contribution < -0.4 is 10.6 Å². The Kier molecular flexibility index (Phi) is 4.97. The van der Waals surface area contributed by atoms with Crippen molar-refractivity contribution in [2.45, 2.75) is 45.2 Å². The van der Waals surface area contributed by atoms with Gasteiger partial charge in [-0.15, -0.1) is 0 Å². The molecule has 1 aromatic rings. The highest BCUT2D eigenvalue weighted by molar-refractivity contribution is 9.10. The van der Waals surface area contributed by atoms with Crippen LogP contribution in [0.5, 0.6) is 0 Å². The molecule has 2 saturated heterocycles. The molecule has 5 nitrogen and oxygen atoms in total. The van der Waals surface area contributed by atoms with Crippen LogP contribution in [0.15, 0.2) is 22.7 Å². The number of carbonyl (C=O) groups excluding carboxylic acids is 2. The van der Waals surface area contributed by atoms with Crippen LogP contribution in [-0.2, 0) is 9.59 Å². The molecule has 0 bridgehead atoms. The first-order valence-electron chi connectivity index (χ1n) is 8.49.